The van der Waals surface area contributed by atoms with Crippen molar-refractivity contribution in [2.75, 3.05) is 12.4 Å². The third-order valence-electron chi connectivity index (χ3n) is 5.22. The van der Waals surface area contributed by atoms with Gasteiger partial charge in [0.2, 0.25) is 5.91 Å². The van der Waals surface area contributed by atoms with Gasteiger partial charge in [0.05, 0.1) is 19.1 Å². The lowest BCUT2D eigenvalue weighted by Gasteiger charge is -2.10. The Morgan fingerprint density at radius 1 is 1.12 bits per heavy atom. The molecule has 0 aliphatic carbocycles. The summed E-state index contributed by atoms with van der Waals surface area (Å²) in [6, 6.07) is 16.0. The number of halogens is 2. The number of aryl methyl sites for hydroxylation is 1. The predicted octanol–water partition coefficient (Wildman–Crippen LogP) is 7.25. The van der Waals surface area contributed by atoms with E-state index >= 15 is 0 Å². The van der Waals surface area contributed by atoms with Crippen molar-refractivity contribution in [1.29, 1.82) is 0 Å². The summed E-state index contributed by atoms with van der Waals surface area (Å²) >= 11 is 5.77. The number of fused-ring (bicyclic) bond motifs is 1. The molecule has 4 rings (SSSR count). The number of rotatable bonds is 5. The molecule has 4 aromatic rings. The van der Waals surface area contributed by atoms with Crippen molar-refractivity contribution in [2.24, 2.45) is 0 Å². The van der Waals surface area contributed by atoms with Crippen LogP contribution in [-0.2, 0) is 4.79 Å². The molecule has 4 nitrogen and oxygen atoms in total. The lowest BCUT2D eigenvalue weighted by molar-refractivity contribution is -0.111. The summed E-state index contributed by atoms with van der Waals surface area (Å²) in [6.07, 6.45) is 3.12. The summed E-state index contributed by atoms with van der Waals surface area (Å²) < 4.78 is 25.3. The minimum atomic E-state index is -0.600. The van der Waals surface area contributed by atoms with Gasteiger partial charge in [-0.3, -0.25) is 4.79 Å². The number of furan rings is 1. The average Bonchev–Trinajstić information content (AvgIpc) is 3.18. The molecule has 1 aromatic heterocycles. The van der Waals surface area contributed by atoms with E-state index in [1.54, 1.807) is 26.4 Å². The van der Waals surface area contributed by atoms with E-state index in [0.717, 1.165) is 28.1 Å². The van der Waals surface area contributed by atoms with Crippen LogP contribution in [0.2, 0.25) is 5.02 Å². The number of ether oxygens (including phenoxy) is 1. The zero-order valence-electron chi connectivity index (χ0n) is 17.8. The van der Waals surface area contributed by atoms with Gasteiger partial charge in [-0.25, -0.2) is 4.39 Å². The van der Waals surface area contributed by atoms with Crippen molar-refractivity contribution in [2.45, 2.75) is 13.8 Å². The van der Waals surface area contributed by atoms with E-state index in [9.17, 15) is 9.18 Å². The number of hydrogen-bond acceptors (Lipinski definition) is 3. The number of allylic oxidation sites excluding steroid dienone is 1. The fourth-order valence-corrected chi connectivity index (χ4v) is 3.68. The molecule has 0 bridgehead atoms. The fourth-order valence-electron chi connectivity index (χ4n) is 3.52. The second kappa shape index (κ2) is 8.89. The highest BCUT2D eigenvalue weighted by atomic mass is 35.5. The molecule has 0 spiro atoms. The lowest BCUT2D eigenvalue weighted by atomic mass is 9.99. The third-order valence-corrected chi connectivity index (χ3v) is 5.45. The summed E-state index contributed by atoms with van der Waals surface area (Å²) in [5.41, 5.74) is 5.29. The maximum atomic E-state index is 14.0. The molecule has 1 heterocycles. The van der Waals surface area contributed by atoms with Gasteiger partial charge < -0.3 is 14.5 Å². The van der Waals surface area contributed by atoms with Crippen LogP contribution in [0.5, 0.6) is 5.75 Å². The van der Waals surface area contributed by atoms with E-state index in [2.05, 4.69) is 5.32 Å². The highest BCUT2D eigenvalue weighted by Gasteiger charge is 2.15. The molecule has 0 radical (unpaired) electrons. The number of amides is 1. The predicted molar refractivity (Wildman–Crippen MR) is 127 cm³/mol. The maximum Gasteiger partial charge on any atom is 0.248 e. The Morgan fingerprint density at radius 2 is 1.88 bits per heavy atom. The molecule has 162 valence electrons. The quantitative estimate of drug-likeness (QED) is 0.326. The standard InChI is InChI=1S/C26H21ClFNO3/c1-15-4-6-17(7-5-15)21-14-32-25-13-24(31-3)19(12-20(21)25)16(2)10-26(30)29-23-9-8-18(27)11-22(23)28/h4-14H,1-3H3,(H,29,30)/b16-10+. The minimum Gasteiger partial charge on any atom is -0.496 e. The largest absolute Gasteiger partial charge is 0.496 e. The first-order valence-electron chi connectivity index (χ1n) is 9.96. The monoisotopic (exact) mass is 449 g/mol. The first-order valence-corrected chi connectivity index (χ1v) is 10.3. The minimum absolute atomic E-state index is 0.0577. The van der Waals surface area contributed by atoms with E-state index in [-0.39, 0.29) is 10.7 Å². The number of carbonyl (C=O) groups excluding carboxylic acids is 1. The van der Waals surface area contributed by atoms with Crippen molar-refractivity contribution in [3.05, 3.63) is 88.9 Å². The van der Waals surface area contributed by atoms with Crippen LogP contribution >= 0.6 is 11.6 Å². The zero-order valence-corrected chi connectivity index (χ0v) is 18.6. The topological polar surface area (TPSA) is 51.5 Å². The van der Waals surface area contributed by atoms with Crippen LogP contribution < -0.4 is 10.1 Å². The van der Waals surface area contributed by atoms with E-state index in [1.807, 2.05) is 37.3 Å². The smallest absolute Gasteiger partial charge is 0.248 e. The number of carbonyl (C=O) groups is 1. The first kappa shape index (κ1) is 21.7. The summed E-state index contributed by atoms with van der Waals surface area (Å²) in [4.78, 5) is 12.5. The van der Waals surface area contributed by atoms with Gasteiger partial charge in [-0.05, 0) is 49.2 Å². The van der Waals surface area contributed by atoms with Crippen molar-refractivity contribution in [3.8, 4) is 16.9 Å². The molecule has 0 aliphatic heterocycles. The van der Waals surface area contributed by atoms with Gasteiger partial charge in [0.1, 0.15) is 17.1 Å². The third kappa shape index (κ3) is 4.39. The molecule has 6 heteroatoms. The second-order valence-electron chi connectivity index (χ2n) is 7.50. The molecule has 1 N–H and O–H groups in total. The van der Waals surface area contributed by atoms with E-state index in [4.69, 9.17) is 20.8 Å². The fraction of sp³-hybridized carbons (Fsp3) is 0.115. The highest BCUT2D eigenvalue weighted by Crippen LogP contribution is 2.37. The number of nitrogens with one attached hydrogen (secondary N) is 1. The van der Waals surface area contributed by atoms with Crippen LogP contribution in [0.25, 0.3) is 27.7 Å². The first-order chi connectivity index (χ1) is 15.4. The summed E-state index contributed by atoms with van der Waals surface area (Å²) in [5.74, 6) is -0.490. The second-order valence-corrected chi connectivity index (χ2v) is 7.94. The molecular formula is C26H21ClFNO3. The molecule has 0 saturated heterocycles. The SMILES string of the molecule is COc1cc2occ(-c3ccc(C)cc3)c2cc1/C(C)=C/C(=O)Nc1ccc(Cl)cc1F. The van der Waals surface area contributed by atoms with Crippen molar-refractivity contribution < 1.29 is 18.3 Å². The van der Waals surface area contributed by atoms with Crippen molar-refractivity contribution >= 4 is 39.7 Å². The Bertz CT molecular complexity index is 1340. The maximum absolute atomic E-state index is 14.0. The van der Waals surface area contributed by atoms with Gasteiger partial charge >= 0.3 is 0 Å². The van der Waals surface area contributed by atoms with Gasteiger partial charge in [0, 0.05) is 33.7 Å². The Kier molecular flexibility index (Phi) is 6.01. The van der Waals surface area contributed by atoms with E-state index in [1.165, 1.54) is 23.8 Å². The van der Waals surface area contributed by atoms with Crippen molar-refractivity contribution in [3.63, 3.8) is 0 Å². The van der Waals surface area contributed by atoms with Crippen LogP contribution in [0.4, 0.5) is 10.1 Å². The molecule has 1 amide bonds. The summed E-state index contributed by atoms with van der Waals surface area (Å²) in [7, 11) is 1.56. The lowest BCUT2D eigenvalue weighted by Crippen LogP contribution is -2.10. The molecule has 0 aliphatic rings. The van der Waals surface area contributed by atoms with Crippen LogP contribution in [0.3, 0.4) is 0 Å². The van der Waals surface area contributed by atoms with Gasteiger partial charge in [-0.15, -0.1) is 0 Å². The van der Waals surface area contributed by atoms with E-state index in [0.29, 0.717) is 16.9 Å². The van der Waals surface area contributed by atoms with Gasteiger partial charge in [0.25, 0.3) is 0 Å². The Hall–Kier alpha value is -3.57. The molecule has 3 aromatic carbocycles. The number of hydrogen-bond donors (Lipinski definition) is 1. The number of benzene rings is 3. The number of anilines is 1. The van der Waals surface area contributed by atoms with Crippen LogP contribution in [-0.4, -0.2) is 13.0 Å². The normalized spacial score (nSPS) is 11.6. The van der Waals surface area contributed by atoms with Crippen LogP contribution in [0.1, 0.15) is 18.1 Å². The van der Waals surface area contributed by atoms with Gasteiger partial charge in [0.15, 0.2) is 0 Å². The molecule has 0 fully saturated rings. The Labute approximate surface area is 190 Å². The van der Waals surface area contributed by atoms with E-state index < -0.39 is 11.7 Å². The highest BCUT2D eigenvalue weighted by molar-refractivity contribution is 6.30. The molecule has 32 heavy (non-hydrogen) atoms. The number of methoxy groups -OCH3 is 1. The Morgan fingerprint density at radius 3 is 2.56 bits per heavy atom. The Balaban J connectivity index is 1.70. The molecule has 0 saturated carbocycles. The zero-order chi connectivity index (χ0) is 22.8. The summed E-state index contributed by atoms with van der Waals surface area (Å²) in [5, 5.41) is 3.71. The molecule has 0 atom stereocenters. The molecular weight excluding hydrogens is 429 g/mol. The summed E-state index contributed by atoms with van der Waals surface area (Å²) in [6.45, 7) is 3.84. The molecule has 0 unspecified atom stereocenters. The average molecular weight is 450 g/mol. The van der Waals surface area contributed by atoms with Crippen LogP contribution in [0.15, 0.2) is 71.4 Å². The van der Waals surface area contributed by atoms with Gasteiger partial charge in [-0.2, -0.15) is 0 Å². The van der Waals surface area contributed by atoms with Gasteiger partial charge in [-0.1, -0.05) is 41.4 Å². The van der Waals surface area contributed by atoms with Crippen LogP contribution in [0, 0.1) is 12.7 Å². The van der Waals surface area contributed by atoms with Crippen molar-refractivity contribution in [1.82, 2.24) is 0 Å².